The standard InChI is InChI=1S/C9H11NO5S/c1-6-4-7(16(10,13)14)2-3-8(6)15-5-9(11)12/h2-4H,5H2,1H3,(H,11,12)(H2,10,13,14). The number of benzene rings is 1. The molecule has 0 bridgehead atoms. The van der Waals surface area contributed by atoms with E-state index in [0.29, 0.717) is 11.3 Å². The lowest BCUT2D eigenvalue weighted by atomic mass is 10.2. The summed E-state index contributed by atoms with van der Waals surface area (Å²) in [6.07, 6.45) is 0. The summed E-state index contributed by atoms with van der Waals surface area (Å²) in [5.41, 5.74) is 0.507. The van der Waals surface area contributed by atoms with Crippen LogP contribution in [0, 0.1) is 6.92 Å². The van der Waals surface area contributed by atoms with Gasteiger partial charge in [-0.2, -0.15) is 0 Å². The zero-order valence-corrected chi connectivity index (χ0v) is 9.32. The number of hydrogen-bond acceptors (Lipinski definition) is 4. The molecule has 6 nitrogen and oxygen atoms in total. The fraction of sp³-hybridized carbons (Fsp3) is 0.222. The van der Waals surface area contributed by atoms with Gasteiger partial charge in [0, 0.05) is 0 Å². The molecule has 3 N–H and O–H groups in total. The Morgan fingerprint density at radius 2 is 2.12 bits per heavy atom. The van der Waals surface area contributed by atoms with E-state index in [-0.39, 0.29) is 4.90 Å². The molecule has 0 spiro atoms. The second kappa shape index (κ2) is 4.50. The molecule has 0 atom stereocenters. The third kappa shape index (κ3) is 3.21. The number of sulfonamides is 1. The largest absolute Gasteiger partial charge is 0.482 e. The van der Waals surface area contributed by atoms with Crippen molar-refractivity contribution < 1.29 is 23.1 Å². The van der Waals surface area contributed by atoms with Crippen LogP contribution in [0.15, 0.2) is 23.1 Å². The SMILES string of the molecule is Cc1cc(S(N)(=O)=O)ccc1OCC(=O)O. The van der Waals surface area contributed by atoms with E-state index in [4.69, 9.17) is 15.0 Å². The summed E-state index contributed by atoms with van der Waals surface area (Å²) in [6, 6.07) is 3.96. The van der Waals surface area contributed by atoms with E-state index in [9.17, 15) is 13.2 Å². The molecule has 0 heterocycles. The van der Waals surface area contributed by atoms with Gasteiger partial charge in [-0.05, 0) is 30.7 Å². The van der Waals surface area contributed by atoms with Gasteiger partial charge < -0.3 is 9.84 Å². The van der Waals surface area contributed by atoms with E-state index >= 15 is 0 Å². The van der Waals surface area contributed by atoms with Crippen LogP contribution in [0.1, 0.15) is 5.56 Å². The summed E-state index contributed by atoms with van der Waals surface area (Å²) in [4.78, 5) is 10.2. The van der Waals surface area contributed by atoms with Crippen LogP contribution in [-0.4, -0.2) is 26.1 Å². The number of carbonyl (C=O) groups is 1. The summed E-state index contributed by atoms with van der Waals surface area (Å²) in [5, 5.41) is 13.3. The molecule has 0 saturated heterocycles. The maximum atomic E-state index is 11.0. The van der Waals surface area contributed by atoms with Crippen molar-refractivity contribution in [3.8, 4) is 5.75 Å². The van der Waals surface area contributed by atoms with Crippen molar-refractivity contribution in [2.45, 2.75) is 11.8 Å². The molecule has 0 aliphatic carbocycles. The second-order valence-corrected chi connectivity index (χ2v) is 4.72. The molecule has 1 aromatic carbocycles. The predicted octanol–water partition coefficient (Wildman–Crippen LogP) is 0.106. The zero-order chi connectivity index (χ0) is 12.3. The van der Waals surface area contributed by atoms with Gasteiger partial charge in [-0.3, -0.25) is 0 Å². The van der Waals surface area contributed by atoms with Crippen molar-refractivity contribution in [3.05, 3.63) is 23.8 Å². The Labute approximate surface area is 92.7 Å². The number of aryl methyl sites for hydroxylation is 1. The van der Waals surface area contributed by atoms with Gasteiger partial charge in [-0.1, -0.05) is 0 Å². The van der Waals surface area contributed by atoms with Gasteiger partial charge in [0.15, 0.2) is 6.61 Å². The minimum absolute atomic E-state index is 0.0346. The molecular weight excluding hydrogens is 234 g/mol. The molecule has 1 aromatic rings. The number of rotatable bonds is 4. The van der Waals surface area contributed by atoms with Crippen LogP contribution in [0.3, 0.4) is 0 Å². The van der Waals surface area contributed by atoms with E-state index in [1.54, 1.807) is 6.92 Å². The van der Waals surface area contributed by atoms with Crippen LogP contribution in [0.4, 0.5) is 0 Å². The lowest BCUT2D eigenvalue weighted by Gasteiger charge is -2.07. The molecule has 1 rings (SSSR count). The molecular formula is C9H11NO5S. The van der Waals surface area contributed by atoms with Crippen molar-refractivity contribution in [2.75, 3.05) is 6.61 Å². The molecule has 7 heteroatoms. The molecule has 0 radical (unpaired) electrons. The molecule has 0 aromatic heterocycles. The van der Waals surface area contributed by atoms with E-state index in [0.717, 1.165) is 0 Å². The van der Waals surface area contributed by atoms with Gasteiger partial charge in [-0.15, -0.1) is 0 Å². The Balaban J connectivity index is 2.96. The number of primary sulfonamides is 1. The van der Waals surface area contributed by atoms with Crippen molar-refractivity contribution in [1.82, 2.24) is 0 Å². The third-order valence-corrected chi connectivity index (χ3v) is 2.74. The number of carboxylic acid groups (broad SMARTS) is 1. The Morgan fingerprint density at radius 3 is 2.56 bits per heavy atom. The summed E-state index contributed by atoms with van der Waals surface area (Å²) in [6.45, 7) is 1.13. The molecule has 0 aliphatic heterocycles. The maximum Gasteiger partial charge on any atom is 0.341 e. The van der Waals surface area contributed by atoms with Crippen LogP contribution in [-0.2, 0) is 14.8 Å². The number of nitrogens with two attached hydrogens (primary N) is 1. The predicted molar refractivity (Wildman–Crippen MR) is 55.7 cm³/mol. The first kappa shape index (κ1) is 12.5. The van der Waals surface area contributed by atoms with Gasteiger partial charge in [0.2, 0.25) is 10.0 Å². The van der Waals surface area contributed by atoms with Gasteiger partial charge in [0.1, 0.15) is 5.75 Å². The van der Waals surface area contributed by atoms with E-state index < -0.39 is 22.6 Å². The molecule has 0 saturated carbocycles. The monoisotopic (exact) mass is 245 g/mol. The van der Waals surface area contributed by atoms with Crippen LogP contribution in [0.2, 0.25) is 0 Å². The van der Waals surface area contributed by atoms with Crippen LogP contribution < -0.4 is 9.88 Å². The first-order valence-corrected chi connectivity index (χ1v) is 5.83. The highest BCUT2D eigenvalue weighted by Crippen LogP contribution is 2.20. The summed E-state index contributed by atoms with van der Waals surface area (Å²) in [7, 11) is -3.75. The fourth-order valence-corrected chi connectivity index (χ4v) is 1.70. The number of hydrogen-bond donors (Lipinski definition) is 2. The summed E-state index contributed by atoms with van der Waals surface area (Å²) >= 11 is 0. The third-order valence-electron chi connectivity index (χ3n) is 1.83. The highest BCUT2D eigenvalue weighted by Gasteiger charge is 2.10. The van der Waals surface area contributed by atoms with Crippen LogP contribution >= 0.6 is 0 Å². The maximum absolute atomic E-state index is 11.0. The van der Waals surface area contributed by atoms with Gasteiger partial charge in [0.05, 0.1) is 4.90 Å². The Morgan fingerprint density at radius 1 is 1.50 bits per heavy atom. The normalized spacial score (nSPS) is 11.1. The average Bonchev–Trinajstić information content (AvgIpc) is 2.14. The van der Waals surface area contributed by atoms with E-state index in [1.807, 2.05) is 0 Å². The molecule has 0 unspecified atom stereocenters. The highest BCUT2D eigenvalue weighted by molar-refractivity contribution is 7.89. The lowest BCUT2D eigenvalue weighted by molar-refractivity contribution is -0.139. The number of ether oxygens (including phenoxy) is 1. The minimum Gasteiger partial charge on any atom is -0.482 e. The Kier molecular flexibility index (Phi) is 3.51. The van der Waals surface area contributed by atoms with Crippen molar-refractivity contribution >= 4 is 16.0 Å². The average molecular weight is 245 g/mol. The number of aliphatic carboxylic acids is 1. The van der Waals surface area contributed by atoms with Gasteiger partial charge in [-0.25, -0.2) is 18.4 Å². The van der Waals surface area contributed by atoms with Crippen LogP contribution in [0.5, 0.6) is 5.75 Å². The quantitative estimate of drug-likeness (QED) is 0.782. The van der Waals surface area contributed by atoms with Gasteiger partial charge in [0.25, 0.3) is 0 Å². The molecule has 16 heavy (non-hydrogen) atoms. The minimum atomic E-state index is -3.75. The van der Waals surface area contributed by atoms with Crippen LogP contribution in [0.25, 0.3) is 0 Å². The van der Waals surface area contributed by atoms with Crippen molar-refractivity contribution in [2.24, 2.45) is 5.14 Å². The first-order chi connectivity index (χ1) is 7.30. The summed E-state index contributed by atoms with van der Waals surface area (Å²) < 4.78 is 26.9. The lowest BCUT2D eigenvalue weighted by Crippen LogP contribution is -2.13. The van der Waals surface area contributed by atoms with E-state index in [2.05, 4.69) is 0 Å². The Bertz CT molecular complexity index is 509. The van der Waals surface area contributed by atoms with Crippen molar-refractivity contribution in [3.63, 3.8) is 0 Å². The zero-order valence-electron chi connectivity index (χ0n) is 8.50. The molecule has 88 valence electrons. The Hall–Kier alpha value is -1.60. The summed E-state index contributed by atoms with van der Waals surface area (Å²) in [5.74, 6) is -0.787. The van der Waals surface area contributed by atoms with E-state index in [1.165, 1.54) is 18.2 Å². The smallest absolute Gasteiger partial charge is 0.341 e. The molecule has 0 amide bonds. The highest BCUT2D eigenvalue weighted by atomic mass is 32.2. The fourth-order valence-electron chi connectivity index (χ4n) is 1.10. The van der Waals surface area contributed by atoms with Crippen molar-refractivity contribution in [1.29, 1.82) is 0 Å². The molecule has 0 aliphatic rings. The van der Waals surface area contributed by atoms with Gasteiger partial charge >= 0.3 is 5.97 Å². The second-order valence-electron chi connectivity index (χ2n) is 3.15. The first-order valence-electron chi connectivity index (χ1n) is 4.29. The molecule has 0 fully saturated rings. The number of carboxylic acids is 1. The topological polar surface area (TPSA) is 107 Å².